The number of amides is 3. The molecule has 10 nitrogen and oxygen atoms in total. The molecule has 0 aliphatic carbocycles. The fourth-order valence-corrected chi connectivity index (χ4v) is 2.37. The maximum absolute atomic E-state index is 12.3. The summed E-state index contributed by atoms with van der Waals surface area (Å²) in [7, 11) is 1.16. The number of nitro benzene ring substituents is 1. The van der Waals surface area contributed by atoms with Crippen molar-refractivity contribution in [2.45, 2.75) is 19.4 Å². The summed E-state index contributed by atoms with van der Waals surface area (Å²) < 4.78 is 4.55. The molecule has 0 saturated heterocycles. The summed E-state index contributed by atoms with van der Waals surface area (Å²) in [6.45, 7) is 2.19. The molecule has 1 N–H and O–H groups in total. The first-order valence-electron chi connectivity index (χ1n) is 7.12. The van der Waals surface area contributed by atoms with Crippen molar-refractivity contribution in [1.29, 1.82) is 0 Å². The molecular weight excluding hydrogens is 334 g/mol. The maximum Gasteiger partial charge on any atom is 0.330 e. The van der Waals surface area contributed by atoms with Gasteiger partial charge >= 0.3 is 5.97 Å². The van der Waals surface area contributed by atoms with Gasteiger partial charge in [0.05, 0.1) is 23.2 Å². The molecule has 0 bridgehead atoms. The highest BCUT2D eigenvalue weighted by Crippen LogP contribution is 2.26. The Morgan fingerprint density at radius 2 is 1.84 bits per heavy atom. The fourth-order valence-electron chi connectivity index (χ4n) is 2.37. The van der Waals surface area contributed by atoms with Gasteiger partial charge in [0.2, 0.25) is 5.91 Å². The van der Waals surface area contributed by atoms with Gasteiger partial charge in [0, 0.05) is 12.1 Å². The Hall–Kier alpha value is -3.30. The molecule has 10 heteroatoms. The molecule has 1 aromatic rings. The van der Waals surface area contributed by atoms with E-state index < -0.39 is 40.7 Å². The first-order chi connectivity index (χ1) is 11.6. The van der Waals surface area contributed by atoms with Crippen molar-refractivity contribution in [3.63, 3.8) is 0 Å². The van der Waals surface area contributed by atoms with E-state index in [1.807, 2.05) is 0 Å². The highest BCUT2D eigenvalue weighted by atomic mass is 16.6. The van der Waals surface area contributed by atoms with Gasteiger partial charge in [0.1, 0.15) is 12.1 Å². The van der Waals surface area contributed by atoms with Gasteiger partial charge in [0.15, 0.2) is 0 Å². The molecule has 1 aliphatic rings. The number of methoxy groups -OCH3 is 1. The molecule has 0 unspecified atom stereocenters. The van der Waals surface area contributed by atoms with Crippen LogP contribution in [0.5, 0.6) is 0 Å². The smallest absolute Gasteiger partial charge is 0.330 e. The zero-order valence-electron chi connectivity index (χ0n) is 13.7. The summed E-state index contributed by atoms with van der Waals surface area (Å²) in [5.41, 5.74) is -1.84. The molecule has 0 radical (unpaired) electrons. The van der Waals surface area contributed by atoms with Gasteiger partial charge in [-0.25, -0.2) is 4.79 Å². The number of nitrogens with one attached hydrogen (secondary N) is 1. The van der Waals surface area contributed by atoms with Crippen LogP contribution in [0.3, 0.4) is 0 Å². The topological polar surface area (TPSA) is 136 Å². The number of benzene rings is 1. The van der Waals surface area contributed by atoms with Crippen LogP contribution < -0.4 is 5.32 Å². The van der Waals surface area contributed by atoms with Crippen molar-refractivity contribution in [2.75, 3.05) is 13.7 Å². The Morgan fingerprint density at radius 1 is 1.24 bits per heavy atom. The number of carbonyl (C=O) groups excluding carboxylic acids is 4. The van der Waals surface area contributed by atoms with Crippen LogP contribution in [0.4, 0.5) is 5.69 Å². The van der Waals surface area contributed by atoms with Crippen molar-refractivity contribution >= 4 is 29.4 Å². The number of rotatable bonds is 5. The normalized spacial score (nSPS) is 13.5. The largest absolute Gasteiger partial charge is 0.467 e. The lowest BCUT2D eigenvalue weighted by molar-refractivity contribution is -0.384. The van der Waals surface area contributed by atoms with Gasteiger partial charge in [-0.05, 0) is 19.9 Å². The van der Waals surface area contributed by atoms with Crippen molar-refractivity contribution in [1.82, 2.24) is 10.2 Å². The Bertz CT molecular complexity index is 800. The number of esters is 1. The van der Waals surface area contributed by atoms with E-state index in [-0.39, 0.29) is 16.8 Å². The SMILES string of the molecule is COC(=O)C(C)(C)NC(=O)CN1C(=O)c2ccc([N+](=O)[O-])cc2C1=O. The van der Waals surface area contributed by atoms with E-state index in [0.29, 0.717) is 4.90 Å². The number of carbonyl (C=O) groups is 4. The van der Waals surface area contributed by atoms with Crippen LogP contribution in [0.15, 0.2) is 18.2 Å². The summed E-state index contributed by atoms with van der Waals surface area (Å²) >= 11 is 0. The summed E-state index contributed by atoms with van der Waals surface area (Å²) in [5, 5.41) is 13.1. The summed E-state index contributed by atoms with van der Waals surface area (Å²) in [4.78, 5) is 58.9. The van der Waals surface area contributed by atoms with Crippen LogP contribution in [0, 0.1) is 10.1 Å². The summed E-state index contributed by atoms with van der Waals surface area (Å²) in [5.74, 6) is -2.99. The van der Waals surface area contributed by atoms with Crippen LogP contribution >= 0.6 is 0 Å². The minimum Gasteiger partial charge on any atom is -0.467 e. The second-order valence-electron chi connectivity index (χ2n) is 5.85. The molecule has 1 aliphatic heterocycles. The Labute approximate surface area is 141 Å². The van der Waals surface area contributed by atoms with Gasteiger partial charge < -0.3 is 10.1 Å². The van der Waals surface area contributed by atoms with Crippen LogP contribution in [0.1, 0.15) is 34.6 Å². The second kappa shape index (κ2) is 6.30. The molecule has 0 atom stereocenters. The monoisotopic (exact) mass is 349 g/mol. The first kappa shape index (κ1) is 18.0. The molecule has 3 amide bonds. The van der Waals surface area contributed by atoms with E-state index in [4.69, 9.17) is 0 Å². The van der Waals surface area contributed by atoms with Gasteiger partial charge in [-0.2, -0.15) is 0 Å². The van der Waals surface area contributed by atoms with Crippen molar-refractivity contribution < 1.29 is 28.8 Å². The highest BCUT2D eigenvalue weighted by molar-refractivity contribution is 6.22. The molecule has 1 aromatic carbocycles. The third-order valence-electron chi connectivity index (χ3n) is 3.61. The van der Waals surface area contributed by atoms with Gasteiger partial charge in [-0.3, -0.25) is 29.4 Å². The Morgan fingerprint density at radius 3 is 2.40 bits per heavy atom. The summed E-state index contributed by atoms with van der Waals surface area (Å²) in [6.07, 6.45) is 0. The van der Waals surface area contributed by atoms with Crippen molar-refractivity contribution in [3.8, 4) is 0 Å². The van der Waals surface area contributed by atoms with E-state index in [2.05, 4.69) is 10.1 Å². The first-order valence-corrected chi connectivity index (χ1v) is 7.12. The van der Waals surface area contributed by atoms with Crippen molar-refractivity contribution in [2.24, 2.45) is 0 Å². The molecule has 0 saturated carbocycles. The number of nitrogens with zero attached hydrogens (tertiary/aromatic N) is 2. The van der Waals surface area contributed by atoms with E-state index >= 15 is 0 Å². The van der Waals surface area contributed by atoms with Crippen LogP contribution in [-0.4, -0.2) is 52.7 Å². The lowest BCUT2D eigenvalue weighted by Gasteiger charge is -2.24. The number of nitro groups is 1. The lowest BCUT2D eigenvalue weighted by atomic mass is 10.1. The quantitative estimate of drug-likeness (QED) is 0.348. The molecule has 0 aromatic heterocycles. The van der Waals surface area contributed by atoms with Gasteiger partial charge in [-0.15, -0.1) is 0 Å². The minimum absolute atomic E-state index is 0.0179. The molecular formula is C15H15N3O7. The van der Waals surface area contributed by atoms with Crippen LogP contribution in [0.2, 0.25) is 0 Å². The number of hydrogen-bond donors (Lipinski definition) is 1. The minimum atomic E-state index is -1.34. The molecule has 0 fully saturated rings. The van der Waals surface area contributed by atoms with E-state index in [1.165, 1.54) is 19.9 Å². The molecule has 1 heterocycles. The van der Waals surface area contributed by atoms with Gasteiger partial charge in [0.25, 0.3) is 17.5 Å². The van der Waals surface area contributed by atoms with Crippen LogP contribution in [0.25, 0.3) is 0 Å². The molecule has 2 rings (SSSR count). The number of ether oxygens (including phenoxy) is 1. The average molecular weight is 349 g/mol. The van der Waals surface area contributed by atoms with Gasteiger partial charge in [-0.1, -0.05) is 0 Å². The van der Waals surface area contributed by atoms with E-state index in [9.17, 15) is 29.3 Å². The molecule has 0 spiro atoms. The van der Waals surface area contributed by atoms with Crippen LogP contribution in [-0.2, 0) is 14.3 Å². The standard InChI is InChI=1S/C15H15N3O7/c1-15(2,14(22)25-3)16-11(19)7-17-12(20)9-5-4-8(18(23)24)6-10(9)13(17)21/h4-6H,7H2,1-3H3,(H,16,19). The third-order valence-corrected chi connectivity index (χ3v) is 3.61. The predicted molar refractivity (Wildman–Crippen MR) is 82.7 cm³/mol. The number of imide groups is 1. The number of non-ortho nitro benzene ring substituents is 1. The molecule has 25 heavy (non-hydrogen) atoms. The van der Waals surface area contributed by atoms with E-state index in [1.54, 1.807) is 0 Å². The van der Waals surface area contributed by atoms with E-state index in [0.717, 1.165) is 19.2 Å². The Kier molecular flexibility index (Phi) is 4.55. The Balaban J connectivity index is 2.18. The highest BCUT2D eigenvalue weighted by Gasteiger charge is 2.39. The zero-order valence-corrected chi connectivity index (χ0v) is 13.7. The summed E-state index contributed by atoms with van der Waals surface area (Å²) in [6, 6.07) is 3.27. The predicted octanol–water partition coefficient (Wildman–Crippen LogP) is 0.259. The number of fused-ring (bicyclic) bond motifs is 1. The molecule has 132 valence electrons. The second-order valence-corrected chi connectivity index (χ2v) is 5.85. The fraction of sp³-hybridized carbons (Fsp3) is 0.333. The maximum atomic E-state index is 12.3. The zero-order chi connectivity index (χ0) is 18.9. The lowest BCUT2D eigenvalue weighted by Crippen LogP contribution is -2.53. The van der Waals surface area contributed by atoms with Crippen molar-refractivity contribution in [3.05, 3.63) is 39.4 Å². The number of hydrogen-bond acceptors (Lipinski definition) is 7. The third kappa shape index (κ3) is 3.32. The average Bonchev–Trinajstić information content (AvgIpc) is 2.78.